The molecule has 2 rings (SSSR count). The lowest BCUT2D eigenvalue weighted by atomic mass is 9.85. The van der Waals surface area contributed by atoms with Crippen LogP contribution >= 0.6 is 0 Å². The highest BCUT2D eigenvalue weighted by Crippen LogP contribution is 2.20. The van der Waals surface area contributed by atoms with Gasteiger partial charge in [0.25, 0.3) is 11.8 Å². The Morgan fingerprint density at radius 3 is 2.05 bits per heavy atom. The fraction of sp³-hybridized carbons (Fsp3) is 0.630. The first-order valence-electron chi connectivity index (χ1n) is 13.2. The zero-order valence-electron chi connectivity index (χ0n) is 23.1. The number of H-pyrrole nitrogens is 1. The van der Waals surface area contributed by atoms with Crippen molar-refractivity contribution < 1.29 is 24.0 Å². The number of pyridine rings is 1. The van der Waals surface area contributed by atoms with Crippen molar-refractivity contribution in [2.24, 2.45) is 11.3 Å². The molecule has 0 saturated heterocycles. The van der Waals surface area contributed by atoms with Gasteiger partial charge >= 0.3 is 0 Å². The number of rotatable bonds is 10. The van der Waals surface area contributed by atoms with Gasteiger partial charge < -0.3 is 26.3 Å². The number of hydrogen-bond acceptors (Lipinski definition) is 6. The number of amides is 4. The van der Waals surface area contributed by atoms with Crippen LogP contribution in [0.2, 0.25) is 0 Å². The van der Waals surface area contributed by atoms with Crippen molar-refractivity contribution in [2.75, 3.05) is 0 Å². The van der Waals surface area contributed by atoms with Gasteiger partial charge in [0.2, 0.25) is 23.2 Å². The maximum Gasteiger partial charge on any atom is 0.289 e. The van der Waals surface area contributed by atoms with E-state index in [1.807, 2.05) is 0 Å². The minimum absolute atomic E-state index is 0.0393. The molecule has 0 bridgehead atoms. The molecule has 1 aromatic rings. The summed E-state index contributed by atoms with van der Waals surface area (Å²) in [5.41, 5.74) is -0.912. The Bertz CT molecular complexity index is 1060. The molecule has 0 aromatic carbocycles. The van der Waals surface area contributed by atoms with Crippen molar-refractivity contribution >= 4 is 29.4 Å². The number of carbonyl (C=O) groups is 5. The maximum atomic E-state index is 13.1. The van der Waals surface area contributed by atoms with Crippen LogP contribution in [0.15, 0.2) is 23.1 Å². The van der Waals surface area contributed by atoms with Crippen LogP contribution < -0.4 is 26.8 Å². The molecule has 1 heterocycles. The maximum absolute atomic E-state index is 13.1. The number of ketones is 1. The van der Waals surface area contributed by atoms with E-state index in [0.717, 1.165) is 32.1 Å². The van der Waals surface area contributed by atoms with Gasteiger partial charge in [0, 0.05) is 18.3 Å². The highest BCUT2D eigenvalue weighted by molar-refractivity contribution is 6.38. The number of aromatic amines is 1. The topological polar surface area (TPSA) is 166 Å². The van der Waals surface area contributed by atoms with Crippen LogP contribution in [0, 0.1) is 11.3 Å². The molecule has 4 amide bonds. The summed E-state index contributed by atoms with van der Waals surface area (Å²) in [4.78, 5) is 77.9. The van der Waals surface area contributed by atoms with Crippen LogP contribution in [0.5, 0.6) is 0 Å². The lowest BCUT2D eigenvalue weighted by molar-refractivity contribution is -0.141. The Kier molecular flexibility index (Phi) is 10.8. The molecule has 3 atom stereocenters. The third-order valence-electron chi connectivity index (χ3n) is 6.61. The van der Waals surface area contributed by atoms with Gasteiger partial charge in [-0.05, 0) is 37.2 Å². The van der Waals surface area contributed by atoms with Crippen molar-refractivity contribution in [1.29, 1.82) is 0 Å². The fourth-order valence-electron chi connectivity index (χ4n) is 4.26. The van der Waals surface area contributed by atoms with Crippen LogP contribution in [0.3, 0.4) is 0 Å². The van der Waals surface area contributed by atoms with Crippen molar-refractivity contribution in [3.05, 3.63) is 34.2 Å². The first-order chi connectivity index (χ1) is 17.7. The van der Waals surface area contributed by atoms with E-state index in [0.29, 0.717) is 0 Å². The normalized spacial score (nSPS) is 16.6. The molecule has 1 aliphatic rings. The van der Waals surface area contributed by atoms with E-state index in [4.69, 9.17) is 0 Å². The Morgan fingerprint density at radius 1 is 0.895 bits per heavy atom. The number of hydrogen-bond donors (Lipinski definition) is 5. The molecular formula is C27H41N5O6. The molecule has 1 aromatic heterocycles. The van der Waals surface area contributed by atoms with E-state index in [9.17, 15) is 28.8 Å². The fourth-order valence-corrected chi connectivity index (χ4v) is 4.26. The second kappa shape index (κ2) is 13.3. The summed E-state index contributed by atoms with van der Waals surface area (Å²) in [5.74, 6) is -3.59. The summed E-state index contributed by atoms with van der Waals surface area (Å²) in [6.07, 6.45) is 6.02. The van der Waals surface area contributed by atoms with Crippen molar-refractivity contribution in [3.63, 3.8) is 0 Å². The standard InChI is InChI=1S/C27H41N5O6/c1-15(2)20(21(34)25(37)30-18-10-8-7-9-11-18)31-23(35)16(3)29-26(38)22(27(4,5)6)32-24(36)17-12-13-19(33)28-14-17/h12-16,18,20,22H,7-11H2,1-6H3,(H,28,33)(H,29,38)(H,30,37)(H,31,35)(H,32,36)/t16-,20-,22+/m0/s1. The second-order valence-electron chi connectivity index (χ2n) is 11.3. The Balaban J connectivity index is 2.03. The van der Waals surface area contributed by atoms with E-state index < -0.39 is 53.0 Å². The lowest BCUT2D eigenvalue weighted by Gasteiger charge is -2.31. The van der Waals surface area contributed by atoms with Gasteiger partial charge in [0.1, 0.15) is 12.1 Å². The molecule has 0 unspecified atom stereocenters. The third kappa shape index (κ3) is 8.81. The van der Waals surface area contributed by atoms with Crippen LogP contribution in [0.1, 0.15) is 84.0 Å². The molecule has 0 aliphatic heterocycles. The molecular weight excluding hydrogens is 490 g/mol. The van der Waals surface area contributed by atoms with Gasteiger partial charge in [-0.15, -0.1) is 0 Å². The van der Waals surface area contributed by atoms with Crippen molar-refractivity contribution in [1.82, 2.24) is 26.3 Å². The largest absolute Gasteiger partial charge is 0.347 e. The average Bonchev–Trinajstić information content (AvgIpc) is 2.85. The van der Waals surface area contributed by atoms with Crippen molar-refractivity contribution in [3.8, 4) is 0 Å². The van der Waals surface area contributed by atoms with Crippen LogP contribution in [0.4, 0.5) is 0 Å². The monoisotopic (exact) mass is 531 g/mol. The zero-order chi connectivity index (χ0) is 28.6. The van der Waals surface area contributed by atoms with E-state index in [-0.39, 0.29) is 23.1 Å². The van der Waals surface area contributed by atoms with E-state index >= 15 is 0 Å². The summed E-state index contributed by atoms with van der Waals surface area (Å²) in [6.45, 7) is 10.2. The predicted octanol–water partition coefficient (Wildman–Crippen LogP) is 1.18. The first kappa shape index (κ1) is 30.7. The average molecular weight is 532 g/mol. The highest BCUT2D eigenvalue weighted by atomic mass is 16.2. The zero-order valence-corrected chi connectivity index (χ0v) is 23.1. The molecule has 0 spiro atoms. The van der Waals surface area contributed by atoms with Gasteiger partial charge in [0.15, 0.2) is 0 Å². The summed E-state index contributed by atoms with van der Waals surface area (Å²) in [6, 6.07) is -0.606. The minimum Gasteiger partial charge on any atom is -0.347 e. The first-order valence-corrected chi connectivity index (χ1v) is 13.2. The van der Waals surface area contributed by atoms with Crippen molar-refractivity contribution in [2.45, 2.75) is 97.8 Å². The molecule has 1 saturated carbocycles. The molecule has 1 aliphatic carbocycles. The minimum atomic E-state index is -1.05. The SMILES string of the molecule is CC(C)[C@H](NC(=O)[C@H](C)NC(=O)[C@@H](NC(=O)c1ccc(=O)[nH]c1)C(C)(C)C)C(=O)C(=O)NC1CCCCC1. The molecule has 38 heavy (non-hydrogen) atoms. The van der Waals surface area contributed by atoms with Gasteiger partial charge in [-0.25, -0.2) is 0 Å². The lowest BCUT2D eigenvalue weighted by Crippen LogP contribution is -2.59. The molecule has 11 heteroatoms. The van der Waals surface area contributed by atoms with Gasteiger partial charge in [-0.3, -0.25) is 28.8 Å². The van der Waals surface area contributed by atoms with Gasteiger partial charge in [-0.2, -0.15) is 0 Å². The Morgan fingerprint density at radius 2 is 1.53 bits per heavy atom. The summed E-state index contributed by atoms with van der Waals surface area (Å²) in [5, 5.41) is 10.6. The smallest absolute Gasteiger partial charge is 0.289 e. The Labute approximate surface area is 223 Å². The molecule has 11 nitrogen and oxygen atoms in total. The van der Waals surface area contributed by atoms with E-state index in [2.05, 4.69) is 26.3 Å². The van der Waals surface area contributed by atoms with E-state index in [1.54, 1.807) is 34.6 Å². The Hall–Kier alpha value is -3.50. The quantitative estimate of drug-likeness (QED) is 0.284. The number of Topliss-reactive ketones (excluding diaryl/α,β-unsaturated/α-hetero) is 1. The number of carbonyl (C=O) groups excluding carboxylic acids is 5. The number of nitrogens with one attached hydrogen (secondary N) is 5. The predicted molar refractivity (Wildman–Crippen MR) is 142 cm³/mol. The molecule has 5 N–H and O–H groups in total. The van der Waals surface area contributed by atoms with Crippen LogP contribution in [-0.4, -0.2) is 58.6 Å². The van der Waals surface area contributed by atoms with Gasteiger partial charge in [0.05, 0.1) is 11.6 Å². The summed E-state index contributed by atoms with van der Waals surface area (Å²) >= 11 is 0. The summed E-state index contributed by atoms with van der Waals surface area (Å²) in [7, 11) is 0. The van der Waals surface area contributed by atoms with Crippen LogP contribution in [-0.2, 0) is 19.2 Å². The second-order valence-corrected chi connectivity index (χ2v) is 11.3. The molecule has 210 valence electrons. The van der Waals surface area contributed by atoms with E-state index in [1.165, 1.54) is 25.3 Å². The highest BCUT2D eigenvalue weighted by Gasteiger charge is 2.36. The molecule has 0 radical (unpaired) electrons. The summed E-state index contributed by atoms with van der Waals surface area (Å²) < 4.78 is 0. The number of aromatic nitrogens is 1. The third-order valence-corrected chi connectivity index (χ3v) is 6.61. The van der Waals surface area contributed by atoms with Crippen LogP contribution in [0.25, 0.3) is 0 Å². The van der Waals surface area contributed by atoms with Gasteiger partial charge in [-0.1, -0.05) is 53.9 Å². The molecule has 1 fully saturated rings.